The fourth-order valence-electron chi connectivity index (χ4n) is 4.24. The number of hydrogen-bond donors (Lipinski definition) is 1. The largest absolute Gasteiger partial charge is 0.444 e. The van der Waals surface area contributed by atoms with Gasteiger partial charge in [0.1, 0.15) is 23.3 Å². The van der Waals surface area contributed by atoms with Gasteiger partial charge in [0.2, 0.25) is 0 Å². The quantitative estimate of drug-likeness (QED) is 0.549. The van der Waals surface area contributed by atoms with Gasteiger partial charge < -0.3 is 14.8 Å². The zero-order chi connectivity index (χ0) is 26.8. The lowest BCUT2D eigenvalue weighted by Gasteiger charge is -2.36. The lowest BCUT2D eigenvalue weighted by atomic mass is 9.95. The van der Waals surface area contributed by atoms with Crippen molar-refractivity contribution in [2.45, 2.75) is 71.5 Å². The number of aromatic nitrogens is 1. The number of nitrogens with zero attached hydrogens (tertiary/aromatic N) is 2. The number of pyridine rings is 1. The van der Waals surface area contributed by atoms with Crippen molar-refractivity contribution in [1.82, 2.24) is 9.88 Å². The molecule has 36 heavy (non-hydrogen) atoms. The van der Waals surface area contributed by atoms with E-state index in [4.69, 9.17) is 9.47 Å². The van der Waals surface area contributed by atoms with Gasteiger partial charge in [0.15, 0.2) is 0 Å². The Balaban J connectivity index is 1.98. The molecule has 1 aromatic carbocycles. The number of benzene rings is 1. The number of nitrogens with one attached hydrogen (secondary N) is 1. The molecule has 0 radical (unpaired) electrons. The van der Waals surface area contributed by atoms with E-state index in [1.54, 1.807) is 40.0 Å². The predicted molar refractivity (Wildman–Crippen MR) is 137 cm³/mol. The number of halogens is 2. The van der Waals surface area contributed by atoms with Crippen LogP contribution in [-0.2, 0) is 27.3 Å². The van der Waals surface area contributed by atoms with E-state index in [9.17, 15) is 18.4 Å². The average molecular weight is 520 g/mol. The third kappa shape index (κ3) is 6.10. The van der Waals surface area contributed by atoms with E-state index in [0.717, 1.165) is 12.1 Å². The van der Waals surface area contributed by atoms with Gasteiger partial charge in [0.05, 0.1) is 20.4 Å². The summed E-state index contributed by atoms with van der Waals surface area (Å²) in [5.74, 6) is -1.97. The van der Waals surface area contributed by atoms with Crippen molar-refractivity contribution in [1.29, 1.82) is 0 Å². The number of ether oxygens (including phenoxy) is 2. The molecule has 7 nitrogen and oxygen atoms in total. The second-order valence-electron chi connectivity index (χ2n) is 10.6. The van der Waals surface area contributed by atoms with Crippen molar-refractivity contribution >= 4 is 30.9 Å². The van der Waals surface area contributed by atoms with Gasteiger partial charge in [-0.1, -0.05) is 32.1 Å². The molecule has 0 bridgehead atoms. The maximum Gasteiger partial charge on any atom is 0.411 e. The third-order valence-corrected chi connectivity index (χ3v) is 9.90. The molecule has 1 aromatic heterocycles. The summed E-state index contributed by atoms with van der Waals surface area (Å²) in [5.41, 5.74) is 1.11. The van der Waals surface area contributed by atoms with Crippen LogP contribution in [0.1, 0.15) is 50.7 Å². The highest BCUT2D eigenvalue weighted by atomic mass is 28.3. The summed E-state index contributed by atoms with van der Waals surface area (Å²) < 4.78 is 40.6. The maximum absolute atomic E-state index is 15.0. The first-order valence-electron chi connectivity index (χ1n) is 12.0. The molecule has 0 saturated carbocycles. The molecule has 1 aliphatic heterocycles. The van der Waals surface area contributed by atoms with Gasteiger partial charge in [0.25, 0.3) is 5.91 Å². The van der Waals surface area contributed by atoms with Crippen molar-refractivity contribution < 1.29 is 27.8 Å². The molecule has 0 unspecified atom stereocenters. The topological polar surface area (TPSA) is 80.8 Å². The Labute approximate surface area is 212 Å². The molecule has 2 heterocycles. The molecule has 0 aliphatic carbocycles. The van der Waals surface area contributed by atoms with Crippen LogP contribution in [0.5, 0.6) is 0 Å². The summed E-state index contributed by atoms with van der Waals surface area (Å²) in [4.78, 5) is 32.5. The van der Waals surface area contributed by atoms with Crippen LogP contribution in [0.4, 0.5) is 19.3 Å². The van der Waals surface area contributed by atoms with Gasteiger partial charge in [-0.15, -0.1) is 0 Å². The van der Waals surface area contributed by atoms with Gasteiger partial charge in [0, 0.05) is 42.2 Å². The van der Waals surface area contributed by atoms with Crippen LogP contribution in [0, 0.1) is 11.6 Å². The number of anilines is 1. The first kappa shape index (κ1) is 27.7. The predicted octanol–water partition coefficient (Wildman–Crippen LogP) is 4.91. The van der Waals surface area contributed by atoms with E-state index in [-0.39, 0.29) is 17.4 Å². The molecule has 1 aliphatic rings. The van der Waals surface area contributed by atoms with Crippen LogP contribution in [0.3, 0.4) is 0 Å². The van der Waals surface area contributed by atoms with E-state index >= 15 is 0 Å². The van der Waals surface area contributed by atoms with Crippen molar-refractivity contribution in [2.75, 3.05) is 19.0 Å². The molecule has 0 saturated heterocycles. The second-order valence-corrected chi connectivity index (χ2v) is 15.6. The van der Waals surface area contributed by atoms with Gasteiger partial charge in [-0.25, -0.2) is 13.6 Å². The number of carbonyl (C=O) groups excluding carboxylic acids is 2. The zero-order valence-electron chi connectivity index (χ0n) is 22.0. The second kappa shape index (κ2) is 10.6. The number of methoxy groups -OCH3 is 1. The SMILES string of the molecule is CC[Si](C)(C)c1c(F)cc(NC(=O)[C@@H]2c3ccc(COC)nc3CCN2C(=O)OC(C)(C)C)cc1F. The van der Waals surface area contributed by atoms with Gasteiger partial charge in [-0.2, -0.15) is 0 Å². The van der Waals surface area contributed by atoms with Gasteiger partial charge >= 0.3 is 6.09 Å². The summed E-state index contributed by atoms with van der Waals surface area (Å²) in [6.07, 6.45) is -0.234. The summed E-state index contributed by atoms with van der Waals surface area (Å²) in [7, 11) is -0.732. The van der Waals surface area contributed by atoms with Crippen LogP contribution in [0.2, 0.25) is 19.1 Å². The number of carbonyl (C=O) groups is 2. The Hall–Kier alpha value is -2.85. The molecule has 2 amide bonds. The molecule has 1 N–H and O–H groups in total. The molecule has 1 atom stereocenters. The molecule has 196 valence electrons. The summed E-state index contributed by atoms with van der Waals surface area (Å²) in [6, 6.07) is 5.34. The monoisotopic (exact) mass is 519 g/mol. The van der Waals surface area contributed by atoms with Crippen molar-refractivity contribution in [2.24, 2.45) is 0 Å². The lowest BCUT2D eigenvalue weighted by Crippen LogP contribution is -2.47. The maximum atomic E-state index is 15.0. The first-order valence-corrected chi connectivity index (χ1v) is 15.3. The fraction of sp³-hybridized carbons (Fsp3) is 0.500. The fourth-order valence-corrected chi connectivity index (χ4v) is 6.03. The zero-order valence-corrected chi connectivity index (χ0v) is 23.0. The van der Waals surface area contributed by atoms with Crippen LogP contribution in [0.15, 0.2) is 24.3 Å². The molecule has 3 rings (SSSR count). The van der Waals surface area contributed by atoms with Crippen LogP contribution < -0.4 is 10.5 Å². The third-order valence-electron chi connectivity index (χ3n) is 6.30. The number of hydrogen-bond acceptors (Lipinski definition) is 5. The minimum Gasteiger partial charge on any atom is -0.444 e. The Morgan fingerprint density at radius 1 is 1.19 bits per heavy atom. The van der Waals surface area contributed by atoms with E-state index in [1.807, 2.05) is 20.0 Å². The van der Waals surface area contributed by atoms with Crippen molar-refractivity contribution in [3.63, 3.8) is 0 Å². The molecule has 0 fully saturated rings. The Morgan fingerprint density at radius 3 is 2.39 bits per heavy atom. The molecule has 0 spiro atoms. The Bertz CT molecular complexity index is 1130. The molecule has 10 heteroatoms. The highest BCUT2D eigenvalue weighted by Crippen LogP contribution is 2.32. The summed E-state index contributed by atoms with van der Waals surface area (Å²) in [6.45, 7) is 11.4. The van der Waals surface area contributed by atoms with Crippen LogP contribution in [0.25, 0.3) is 0 Å². The van der Waals surface area contributed by atoms with E-state index in [2.05, 4.69) is 10.3 Å². The summed E-state index contributed by atoms with van der Waals surface area (Å²) >= 11 is 0. The Morgan fingerprint density at radius 2 is 1.83 bits per heavy atom. The van der Waals surface area contributed by atoms with Crippen LogP contribution >= 0.6 is 0 Å². The first-order chi connectivity index (χ1) is 16.8. The highest BCUT2D eigenvalue weighted by molar-refractivity contribution is 6.89. The average Bonchev–Trinajstić information content (AvgIpc) is 2.76. The standard InChI is InChI=1S/C26H35F2N3O4Si/c1-8-36(6,7)23-19(27)13-17(14-20(23)28)30-24(32)22-18-10-9-16(15-34-5)29-21(18)11-12-31(22)25(33)35-26(2,3)4/h9-10,13-14,22H,8,11-12,15H2,1-7H3,(H,30,32)/t22-/m0/s1. The summed E-state index contributed by atoms with van der Waals surface area (Å²) in [5, 5.41) is 2.72. The van der Waals surface area contributed by atoms with Crippen LogP contribution in [-0.4, -0.2) is 49.2 Å². The van der Waals surface area contributed by atoms with Crippen molar-refractivity contribution in [3.05, 3.63) is 52.9 Å². The van der Waals surface area contributed by atoms with Crippen molar-refractivity contribution in [3.8, 4) is 0 Å². The minimum absolute atomic E-state index is 0.0140. The normalized spacial score (nSPS) is 15.9. The van der Waals surface area contributed by atoms with Gasteiger partial charge in [-0.05, 0) is 39.0 Å². The number of rotatable bonds is 6. The Kier molecular flexibility index (Phi) is 8.19. The van der Waals surface area contributed by atoms with E-state index < -0.39 is 43.4 Å². The number of amides is 2. The smallest absolute Gasteiger partial charge is 0.411 e. The minimum atomic E-state index is -2.30. The van der Waals surface area contributed by atoms with E-state index in [1.165, 1.54) is 4.90 Å². The highest BCUT2D eigenvalue weighted by Gasteiger charge is 2.39. The lowest BCUT2D eigenvalue weighted by molar-refractivity contribution is -0.122. The van der Waals surface area contributed by atoms with Gasteiger partial charge in [-0.3, -0.25) is 14.7 Å². The molecular weight excluding hydrogens is 484 g/mol. The molecular formula is C26H35F2N3O4Si. The number of fused-ring (bicyclic) bond motifs is 1. The van der Waals surface area contributed by atoms with E-state index in [0.29, 0.717) is 36.0 Å². The molecule has 2 aromatic rings.